The molecule has 0 unspecified atom stereocenters. The molecule has 0 aliphatic rings. The molecule has 0 atom stereocenters. The largest absolute Gasteiger partial charge is 0.382 e. The van der Waals surface area contributed by atoms with E-state index in [4.69, 9.17) is 4.74 Å². The normalized spacial score (nSPS) is 11.6. The van der Waals surface area contributed by atoms with Gasteiger partial charge in [0.2, 0.25) is 0 Å². The van der Waals surface area contributed by atoms with Gasteiger partial charge in [0.05, 0.1) is 15.9 Å². The molecule has 11 heteroatoms. The molecule has 11 nitrogen and oxygen atoms in total. The molecule has 3 aromatic heterocycles. The van der Waals surface area contributed by atoms with Crippen LogP contribution in [0, 0.1) is 21.4 Å². The van der Waals surface area contributed by atoms with E-state index in [1.165, 1.54) is 34.7 Å². The highest BCUT2D eigenvalue weighted by molar-refractivity contribution is 5.95. The molecule has 1 amide bonds. The van der Waals surface area contributed by atoms with Gasteiger partial charge in [-0.3, -0.25) is 24.1 Å². The van der Waals surface area contributed by atoms with Gasteiger partial charge in [-0.05, 0) is 43.7 Å². The van der Waals surface area contributed by atoms with Crippen LogP contribution in [-0.4, -0.2) is 38.0 Å². The minimum atomic E-state index is -0.688. The Morgan fingerprint density at radius 3 is 2.71 bits per heavy atom. The molecule has 1 aromatic carbocycles. The molecule has 0 bridgehead atoms. The molecule has 0 aliphatic heterocycles. The zero-order chi connectivity index (χ0) is 24.9. The topological polar surface area (TPSA) is 145 Å². The summed E-state index contributed by atoms with van der Waals surface area (Å²) in [6.45, 7) is 3.11. The number of amides is 1. The fourth-order valence-electron chi connectivity index (χ4n) is 3.65. The second kappa shape index (κ2) is 10.1. The Morgan fingerprint density at radius 1 is 1.26 bits per heavy atom. The van der Waals surface area contributed by atoms with E-state index < -0.39 is 10.8 Å². The fourth-order valence-corrected chi connectivity index (χ4v) is 3.65. The number of nitriles is 1. The Bertz CT molecular complexity index is 1610. The number of carbonyl (C=O) groups is 1. The Morgan fingerprint density at radius 2 is 2.03 bits per heavy atom. The van der Waals surface area contributed by atoms with Crippen molar-refractivity contribution in [3.05, 3.63) is 91.8 Å². The number of rotatable bonds is 7. The summed E-state index contributed by atoms with van der Waals surface area (Å²) in [4.78, 5) is 45.2. The average Bonchev–Trinajstić information content (AvgIpc) is 2.87. The summed E-state index contributed by atoms with van der Waals surface area (Å²) in [6.07, 6.45) is 2.11. The molecule has 0 spiro atoms. The lowest BCUT2D eigenvalue weighted by Crippen LogP contribution is -2.30. The molecule has 0 saturated heterocycles. The van der Waals surface area contributed by atoms with Gasteiger partial charge in [0.1, 0.15) is 17.4 Å². The maximum Gasteiger partial charge on any atom is 0.279 e. The van der Waals surface area contributed by atoms with Crippen molar-refractivity contribution in [1.29, 1.82) is 5.26 Å². The SMILES string of the molecule is CCOCCCn1c(=NC(=O)c2ccc([N+](=O)[O-])cc2)c(C#N)cc2c(=O)n3ccccc3nc21. The smallest absolute Gasteiger partial charge is 0.279 e. The van der Waals surface area contributed by atoms with Crippen LogP contribution < -0.4 is 11.0 Å². The van der Waals surface area contributed by atoms with Gasteiger partial charge in [0.25, 0.3) is 17.2 Å². The number of aryl methyl sites for hydroxylation is 1. The summed E-state index contributed by atoms with van der Waals surface area (Å²) < 4.78 is 8.38. The maximum atomic E-state index is 13.1. The van der Waals surface area contributed by atoms with Crippen molar-refractivity contribution in [2.24, 2.45) is 4.99 Å². The van der Waals surface area contributed by atoms with Gasteiger partial charge in [0, 0.05) is 43.7 Å². The number of hydrogen-bond acceptors (Lipinski definition) is 7. The van der Waals surface area contributed by atoms with Crippen LogP contribution in [0.3, 0.4) is 0 Å². The molecule has 0 fully saturated rings. The van der Waals surface area contributed by atoms with Crippen LogP contribution in [-0.2, 0) is 11.3 Å². The second-order valence-electron chi connectivity index (χ2n) is 7.50. The zero-order valence-corrected chi connectivity index (χ0v) is 18.7. The Labute approximate surface area is 198 Å². The predicted molar refractivity (Wildman–Crippen MR) is 126 cm³/mol. The van der Waals surface area contributed by atoms with Crippen molar-refractivity contribution in [1.82, 2.24) is 14.0 Å². The monoisotopic (exact) mass is 472 g/mol. The lowest BCUT2D eigenvalue weighted by atomic mass is 10.2. The summed E-state index contributed by atoms with van der Waals surface area (Å²) in [5, 5.41) is 21.0. The van der Waals surface area contributed by atoms with Crippen molar-refractivity contribution in [2.45, 2.75) is 19.9 Å². The number of benzene rings is 1. The van der Waals surface area contributed by atoms with E-state index in [2.05, 4.69) is 9.98 Å². The van der Waals surface area contributed by atoms with Crippen LogP contribution in [0.15, 0.2) is 64.5 Å². The first-order valence-corrected chi connectivity index (χ1v) is 10.8. The summed E-state index contributed by atoms with van der Waals surface area (Å²) in [6, 6.07) is 13.6. The number of non-ortho nitro benzene ring substituents is 1. The number of hydrogen-bond donors (Lipinski definition) is 0. The molecule has 4 aromatic rings. The van der Waals surface area contributed by atoms with Crippen molar-refractivity contribution >= 4 is 28.3 Å². The van der Waals surface area contributed by atoms with E-state index >= 15 is 0 Å². The van der Waals surface area contributed by atoms with Gasteiger partial charge < -0.3 is 9.30 Å². The first-order chi connectivity index (χ1) is 16.9. The van der Waals surface area contributed by atoms with E-state index in [1.807, 2.05) is 13.0 Å². The van der Waals surface area contributed by atoms with E-state index in [0.29, 0.717) is 25.3 Å². The van der Waals surface area contributed by atoms with E-state index in [9.17, 15) is 25.0 Å². The number of fused-ring (bicyclic) bond motifs is 2. The standard InChI is InChI=1S/C24H20N6O5/c1-2-35-13-5-12-29-21(27-23(31)16-7-9-18(10-8-16)30(33)34)17(15-25)14-19-22(29)26-20-6-3-4-11-28(20)24(19)32/h3-4,6-11,14H,2,5,12-13H2,1H3. The van der Waals surface area contributed by atoms with Gasteiger partial charge in [0.15, 0.2) is 5.49 Å². The van der Waals surface area contributed by atoms with Crippen LogP contribution in [0.2, 0.25) is 0 Å². The quantitative estimate of drug-likeness (QED) is 0.174. The van der Waals surface area contributed by atoms with Crippen molar-refractivity contribution in [3.63, 3.8) is 0 Å². The zero-order valence-electron chi connectivity index (χ0n) is 18.7. The number of aromatic nitrogens is 3. The summed E-state index contributed by atoms with van der Waals surface area (Å²) in [5.74, 6) is -0.688. The van der Waals surface area contributed by atoms with Crippen LogP contribution >= 0.6 is 0 Å². The first kappa shape index (κ1) is 23.5. The molecule has 0 aliphatic carbocycles. The third-order valence-corrected chi connectivity index (χ3v) is 5.32. The summed E-state index contributed by atoms with van der Waals surface area (Å²) in [5.41, 5.74) is 0.368. The molecular weight excluding hydrogens is 452 g/mol. The number of pyridine rings is 2. The van der Waals surface area contributed by atoms with E-state index in [1.54, 1.807) is 29.0 Å². The van der Waals surface area contributed by atoms with Gasteiger partial charge >= 0.3 is 0 Å². The van der Waals surface area contributed by atoms with Gasteiger partial charge in [-0.25, -0.2) is 4.98 Å². The highest BCUT2D eigenvalue weighted by Gasteiger charge is 2.16. The molecule has 4 rings (SSSR count). The molecule has 0 radical (unpaired) electrons. The summed E-state index contributed by atoms with van der Waals surface area (Å²) in [7, 11) is 0. The summed E-state index contributed by atoms with van der Waals surface area (Å²) >= 11 is 0. The lowest BCUT2D eigenvalue weighted by Gasteiger charge is -2.13. The predicted octanol–water partition coefficient (Wildman–Crippen LogP) is 2.60. The molecule has 35 heavy (non-hydrogen) atoms. The maximum absolute atomic E-state index is 13.1. The number of nitro benzene ring substituents is 1. The Balaban J connectivity index is 1.96. The number of nitrogens with zero attached hydrogens (tertiary/aromatic N) is 6. The average molecular weight is 472 g/mol. The van der Waals surface area contributed by atoms with Crippen molar-refractivity contribution in [3.8, 4) is 6.07 Å². The molecule has 176 valence electrons. The fraction of sp³-hybridized carbons (Fsp3) is 0.208. The van der Waals surface area contributed by atoms with Crippen LogP contribution in [0.25, 0.3) is 16.7 Å². The van der Waals surface area contributed by atoms with Crippen LogP contribution in [0.1, 0.15) is 29.3 Å². The van der Waals surface area contributed by atoms with Crippen molar-refractivity contribution in [2.75, 3.05) is 13.2 Å². The third kappa shape index (κ3) is 4.68. The molecule has 3 heterocycles. The van der Waals surface area contributed by atoms with Gasteiger partial charge in [-0.2, -0.15) is 10.3 Å². The number of nitro groups is 1. The Hall–Kier alpha value is -4.69. The highest BCUT2D eigenvalue weighted by Crippen LogP contribution is 2.14. The highest BCUT2D eigenvalue weighted by atomic mass is 16.6. The van der Waals surface area contributed by atoms with Gasteiger partial charge in [-0.15, -0.1) is 0 Å². The molecule has 0 N–H and O–H groups in total. The third-order valence-electron chi connectivity index (χ3n) is 5.32. The van der Waals surface area contributed by atoms with Gasteiger partial charge in [-0.1, -0.05) is 6.07 Å². The number of ether oxygens (including phenoxy) is 1. The number of carbonyl (C=O) groups excluding carboxylic acids is 1. The van der Waals surface area contributed by atoms with Crippen LogP contribution in [0.5, 0.6) is 0 Å². The minimum Gasteiger partial charge on any atom is -0.382 e. The Kier molecular flexibility index (Phi) is 6.75. The molecule has 0 saturated carbocycles. The second-order valence-corrected chi connectivity index (χ2v) is 7.50. The molecular formula is C24H20N6O5. The lowest BCUT2D eigenvalue weighted by molar-refractivity contribution is -0.384. The first-order valence-electron chi connectivity index (χ1n) is 10.8. The van der Waals surface area contributed by atoms with Crippen molar-refractivity contribution < 1.29 is 14.5 Å². The van der Waals surface area contributed by atoms with E-state index in [-0.39, 0.29) is 45.4 Å². The van der Waals surface area contributed by atoms with Crippen LogP contribution in [0.4, 0.5) is 5.69 Å². The minimum absolute atomic E-state index is 0.0268. The van der Waals surface area contributed by atoms with E-state index in [0.717, 1.165) is 0 Å².